The first-order valence-electron chi connectivity index (χ1n) is 8.94. The van der Waals surface area contributed by atoms with E-state index in [9.17, 15) is 9.90 Å². The van der Waals surface area contributed by atoms with Crippen LogP contribution in [0.25, 0.3) is 0 Å². The standard InChI is InChI=1S/C21H28O3/c1-12(2)14-6-9-18-16(19(14)24-5)7-8-17-13(3)15(20(22)23)10-11-21(17,18)4/h6,9,12,17H,7-8,10-11H2,1-5H3,(H,22,23)/t17?,21-/m0/s1. The zero-order chi connectivity index (χ0) is 17.6. The summed E-state index contributed by atoms with van der Waals surface area (Å²) in [6, 6.07) is 4.49. The number of methoxy groups -OCH3 is 1. The molecule has 3 nitrogen and oxygen atoms in total. The van der Waals surface area contributed by atoms with Gasteiger partial charge in [0, 0.05) is 5.57 Å². The van der Waals surface area contributed by atoms with Crippen molar-refractivity contribution in [1.29, 1.82) is 0 Å². The number of carboxylic acids is 1. The average Bonchev–Trinajstić information content (AvgIpc) is 2.53. The van der Waals surface area contributed by atoms with Crippen LogP contribution in [0.15, 0.2) is 23.3 Å². The summed E-state index contributed by atoms with van der Waals surface area (Å²) in [4.78, 5) is 11.5. The number of hydrogen-bond acceptors (Lipinski definition) is 2. The molecule has 3 heteroatoms. The summed E-state index contributed by atoms with van der Waals surface area (Å²) in [5.41, 5.74) is 5.70. The van der Waals surface area contributed by atoms with Gasteiger partial charge in [-0.25, -0.2) is 4.79 Å². The van der Waals surface area contributed by atoms with Crippen molar-refractivity contribution in [3.05, 3.63) is 40.0 Å². The van der Waals surface area contributed by atoms with E-state index in [0.717, 1.165) is 30.6 Å². The van der Waals surface area contributed by atoms with Gasteiger partial charge in [0.1, 0.15) is 5.75 Å². The molecule has 0 aliphatic heterocycles. The van der Waals surface area contributed by atoms with Crippen LogP contribution in [0.3, 0.4) is 0 Å². The van der Waals surface area contributed by atoms with Crippen molar-refractivity contribution in [1.82, 2.24) is 0 Å². The Hall–Kier alpha value is -1.77. The zero-order valence-electron chi connectivity index (χ0n) is 15.4. The molecular formula is C21H28O3. The van der Waals surface area contributed by atoms with E-state index in [1.54, 1.807) is 7.11 Å². The zero-order valence-corrected chi connectivity index (χ0v) is 15.4. The first-order chi connectivity index (χ1) is 11.3. The molecule has 0 fully saturated rings. The number of ether oxygens (including phenoxy) is 1. The molecule has 1 unspecified atom stereocenters. The third-order valence-corrected chi connectivity index (χ3v) is 6.34. The quantitative estimate of drug-likeness (QED) is 0.864. The van der Waals surface area contributed by atoms with Crippen molar-refractivity contribution < 1.29 is 14.6 Å². The molecule has 0 amide bonds. The number of aliphatic carboxylic acids is 1. The molecule has 0 bridgehead atoms. The van der Waals surface area contributed by atoms with Crippen LogP contribution in [0.4, 0.5) is 0 Å². The van der Waals surface area contributed by atoms with Gasteiger partial charge in [-0.2, -0.15) is 0 Å². The first-order valence-corrected chi connectivity index (χ1v) is 8.94. The number of benzene rings is 1. The summed E-state index contributed by atoms with van der Waals surface area (Å²) >= 11 is 0. The Balaban J connectivity index is 2.15. The molecule has 0 saturated carbocycles. The van der Waals surface area contributed by atoms with Gasteiger partial charge in [-0.3, -0.25) is 0 Å². The van der Waals surface area contributed by atoms with Gasteiger partial charge < -0.3 is 9.84 Å². The number of allylic oxidation sites excluding steroid dienone is 1. The normalized spacial score (nSPS) is 26.2. The summed E-state index contributed by atoms with van der Waals surface area (Å²) in [6.45, 7) is 8.73. The molecule has 2 aliphatic rings. The fourth-order valence-corrected chi connectivity index (χ4v) is 4.99. The number of carboxylic acid groups (broad SMARTS) is 1. The van der Waals surface area contributed by atoms with Crippen LogP contribution < -0.4 is 4.74 Å². The fraction of sp³-hybridized carbons (Fsp3) is 0.571. The maximum atomic E-state index is 11.5. The SMILES string of the molecule is COc1c(C(C)C)ccc2c1CCC1C(C)=C(C(=O)O)CC[C@]21C. The minimum Gasteiger partial charge on any atom is -0.496 e. The van der Waals surface area contributed by atoms with Crippen molar-refractivity contribution in [2.45, 2.75) is 64.7 Å². The van der Waals surface area contributed by atoms with Crippen LogP contribution in [0, 0.1) is 5.92 Å². The lowest BCUT2D eigenvalue weighted by molar-refractivity contribution is -0.133. The maximum Gasteiger partial charge on any atom is 0.331 e. The van der Waals surface area contributed by atoms with E-state index in [2.05, 4.69) is 32.9 Å². The van der Waals surface area contributed by atoms with E-state index in [1.807, 2.05) is 6.92 Å². The van der Waals surface area contributed by atoms with Crippen LogP contribution in [0.1, 0.15) is 69.6 Å². The summed E-state index contributed by atoms with van der Waals surface area (Å²) in [5.74, 6) is 1.06. The van der Waals surface area contributed by atoms with Crippen molar-refractivity contribution in [3.8, 4) is 5.75 Å². The molecule has 2 aliphatic carbocycles. The van der Waals surface area contributed by atoms with Gasteiger partial charge >= 0.3 is 5.97 Å². The minimum atomic E-state index is -0.743. The van der Waals surface area contributed by atoms with E-state index < -0.39 is 5.97 Å². The lowest BCUT2D eigenvalue weighted by atomic mass is 9.56. The lowest BCUT2D eigenvalue weighted by Crippen LogP contribution is -2.41. The fourth-order valence-electron chi connectivity index (χ4n) is 4.99. The lowest BCUT2D eigenvalue weighted by Gasteiger charge is -2.47. The number of carbonyl (C=O) groups is 1. The van der Waals surface area contributed by atoms with Gasteiger partial charge in [-0.05, 0) is 66.5 Å². The van der Waals surface area contributed by atoms with Gasteiger partial charge in [0.05, 0.1) is 7.11 Å². The van der Waals surface area contributed by atoms with Crippen LogP contribution in [-0.4, -0.2) is 18.2 Å². The Kier molecular flexibility index (Phi) is 4.23. The second kappa shape index (κ2) is 5.94. The monoisotopic (exact) mass is 328 g/mol. The van der Waals surface area contributed by atoms with Crippen LogP contribution in [0.5, 0.6) is 5.75 Å². The van der Waals surface area contributed by atoms with Crippen LogP contribution >= 0.6 is 0 Å². The minimum absolute atomic E-state index is 0.0133. The molecule has 24 heavy (non-hydrogen) atoms. The van der Waals surface area contributed by atoms with E-state index >= 15 is 0 Å². The molecule has 0 aromatic heterocycles. The topological polar surface area (TPSA) is 46.5 Å². The summed E-state index contributed by atoms with van der Waals surface area (Å²) in [5, 5.41) is 9.48. The highest BCUT2D eigenvalue weighted by molar-refractivity contribution is 5.88. The summed E-state index contributed by atoms with van der Waals surface area (Å²) in [7, 11) is 1.77. The first kappa shape index (κ1) is 17.1. The molecule has 130 valence electrons. The highest BCUT2D eigenvalue weighted by Crippen LogP contribution is 2.54. The largest absolute Gasteiger partial charge is 0.496 e. The predicted octanol–water partition coefficient (Wildman–Crippen LogP) is 4.83. The molecule has 0 heterocycles. The number of fused-ring (bicyclic) bond motifs is 3. The summed E-state index contributed by atoms with van der Waals surface area (Å²) < 4.78 is 5.81. The van der Waals surface area contributed by atoms with Gasteiger partial charge in [0.25, 0.3) is 0 Å². The van der Waals surface area contributed by atoms with Gasteiger partial charge in [-0.1, -0.05) is 38.5 Å². The Labute approximate surface area is 144 Å². The van der Waals surface area contributed by atoms with E-state index in [0.29, 0.717) is 23.8 Å². The van der Waals surface area contributed by atoms with Crippen LogP contribution in [-0.2, 0) is 16.6 Å². The molecule has 1 N–H and O–H groups in total. The molecule has 0 spiro atoms. The van der Waals surface area contributed by atoms with Crippen molar-refractivity contribution in [2.24, 2.45) is 5.92 Å². The third kappa shape index (κ3) is 2.37. The second-order valence-electron chi connectivity index (χ2n) is 7.84. The predicted molar refractivity (Wildman–Crippen MR) is 95.8 cm³/mol. The number of hydrogen-bond donors (Lipinski definition) is 1. The molecular weight excluding hydrogens is 300 g/mol. The van der Waals surface area contributed by atoms with Gasteiger partial charge in [-0.15, -0.1) is 0 Å². The van der Waals surface area contributed by atoms with Crippen molar-refractivity contribution in [3.63, 3.8) is 0 Å². The van der Waals surface area contributed by atoms with E-state index in [1.165, 1.54) is 16.7 Å². The van der Waals surface area contributed by atoms with Crippen molar-refractivity contribution >= 4 is 5.97 Å². The molecule has 1 aromatic carbocycles. The van der Waals surface area contributed by atoms with E-state index in [-0.39, 0.29) is 5.41 Å². The molecule has 0 saturated heterocycles. The van der Waals surface area contributed by atoms with Gasteiger partial charge in [0.15, 0.2) is 0 Å². The Morgan fingerprint density at radius 3 is 2.62 bits per heavy atom. The maximum absolute atomic E-state index is 11.5. The van der Waals surface area contributed by atoms with Gasteiger partial charge in [0.2, 0.25) is 0 Å². The van der Waals surface area contributed by atoms with Crippen LogP contribution in [0.2, 0.25) is 0 Å². The molecule has 3 rings (SSSR count). The average molecular weight is 328 g/mol. The highest BCUT2D eigenvalue weighted by atomic mass is 16.5. The smallest absolute Gasteiger partial charge is 0.331 e. The second-order valence-corrected chi connectivity index (χ2v) is 7.84. The number of rotatable bonds is 3. The molecule has 2 atom stereocenters. The third-order valence-electron chi connectivity index (χ3n) is 6.34. The van der Waals surface area contributed by atoms with E-state index in [4.69, 9.17) is 4.74 Å². The summed E-state index contributed by atoms with van der Waals surface area (Å²) in [6.07, 6.45) is 3.52. The Bertz CT molecular complexity index is 714. The Morgan fingerprint density at radius 1 is 1.33 bits per heavy atom. The highest BCUT2D eigenvalue weighted by Gasteiger charge is 2.46. The molecule has 0 radical (unpaired) electrons. The molecule has 1 aromatic rings. The van der Waals surface area contributed by atoms with Crippen molar-refractivity contribution in [2.75, 3.05) is 7.11 Å². The Morgan fingerprint density at radius 2 is 2.04 bits per heavy atom.